The van der Waals surface area contributed by atoms with Crippen molar-refractivity contribution in [2.24, 2.45) is 0 Å². The summed E-state index contributed by atoms with van der Waals surface area (Å²) in [4.78, 5) is 24.3. The summed E-state index contributed by atoms with van der Waals surface area (Å²) in [5.41, 5.74) is 3.85. The van der Waals surface area contributed by atoms with Gasteiger partial charge in [0.25, 0.3) is 0 Å². The zero-order chi connectivity index (χ0) is 16.8. The molecule has 126 valence electrons. The second kappa shape index (κ2) is 5.52. The first-order chi connectivity index (χ1) is 12.3. The van der Waals surface area contributed by atoms with Gasteiger partial charge in [-0.2, -0.15) is 5.10 Å². The summed E-state index contributed by atoms with van der Waals surface area (Å²) in [5.74, 6) is 0. The van der Waals surface area contributed by atoms with E-state index in [0.29, 0.717) is 18.9 Å². The Kier molecular flexibility index (Phi) is 3.17. The predicted octanol–water partition coefficient (Wildman–Crippen LogP) is 1.79. The van der Waals surface area contributed by atoms with Crippen LogP contribution in [-0.4, -0.2) is 42.3 Å². The second-order valence-electron chi connectivity index (χ2n) is 6.18. The number of nitrogens with zero attached hydrogens (tertiary/aromatic N) is 5. The van der Waals surface area contributed by atoms with Crippen molar-refractivity contribution >= 4 is 16.7 Å². The normalized spacial score (nSPS) is 16.0. The number of nitrogens with one attached hydrogen (secondary N) is 1. The van der Waals surface area contributed by atoms with Gasteiger partial charge in [0, 0.05) is 37.2 Å². The van der Waals surface area contributed by atoms with E-state index in [2.05, 4.69) is 15.1 Å². The highest BCUT2D eigenvalue weighted by Gasteiger charge is 2.21. The summed E-state index contributed by atoms with van der Waals surface area (Å²) in [7, 11) is 0. The van der Waals surface area contributed by atoms with Gasteiger partial charge >= 0.3 is 5.69 Å². The molecule has 0 aromatic carbocycles. The number of aromatic nitrogens is 6. The molecule has 0 unspecified atom stereocenters. The average molecular weight is 336 g/mol. The van der Waals surface area contributed by atoms with Crippen LogP contribution >= 0.6 is 0 Å². The van der Waals surface area contributed by atoms with E-state index in [4.69, 9.17) is 9.72 Å². The van der Waals surface area contributed by atoms with E-state index in [1.165, 1.54) is 0 Å². The zero-order valence-electron chi connectivity index (χ0n) is 13.4. The van der Waals surface area contributed by atoms with Gasteiger partial charge < -0.3 is 9.72 Å². The Labute approximate surface area is 142 Å². The fraction of sp³-hybridized carbons (Fsp3) is 0.294. The van der Waals surface area contributed by atoms with Gasteiger partial charge in [-0.3, -0.25) is 9.55 Å². The monoisotopic (exact) mass is 336 g/mol. The number of pyridine rings is 1. The minimum absolute atomic E-state index is 0.114. The second-order valence-corrected chi connectivity index (χ2v) is 6.18. The first-order valence-electron chi connectivity index (χ1n) is 8.28. The third kappa shape index (κ3) is 2.25. The molecular formula is C17H16N6O2. The van der Waals surface area contributed by atoms with Crippen molar-refractivity contribution in [3.63, 3.8) is 0 Å². The average Bonchev–Trinajstić information content (AvgIpc) is 3.22. The van der Waals surface area contributed by atoms with Crippen molar-refractivity contribution < 1.29 is 4.74 Å². The Hall–Kier alpha value is -3.00. The standard InChI is InChI=1S/C17H16N6O2/c24-17-21-14-2-1-13(12-9-19-22-6-5-18-10-15(12)22)20-16(14)23(17)11-3-7-25-8-4-11/h1-2,5-6,9-11H,3-4,7-8H2,(H,21,24). The van der Waals surface area contributed by atoms with Crippen LogP contribution in [0.3, 0.4) is 0 Å². The molecule has 0 atom stereocenters. The molecule has 0 amide bonds. The Balaban J connectivity index is 1.69. The van der Waals surface area contributed by atoms with Crippen LogP contribution in [0.15, 0.2) is 41.7 Å². The largest absolute Gasteiger partial charge is 0.381 e. The number of imidazole rings is 1. The van der Waals surface area contributed by atoms with E-state index in [1.807, 2.05) is 12.1 Å². The van der Waals surface area contributed by atoms with E-state index in [9.17, 15) is 4.79 Å². The molecular weight excluding hydrogens is 320 g/mol. The molecule has 4 aromatic rings. The first kappa shape index (κ1) is 14.4. The molecule has 8 heteroatoms. The Morgan fingerprint density at radius 1 is 1.20 bits per heavy atom. The molecule has 25 heavy (non-hydrogen) atoms. The molecule has 1 N–H and O–H groups in total. The van der Waals surface area contributed by atoms with Gasteiger partial charge in [-0.05, 0) is 25.0 Å². The summed E-state index contributed by atoms with van der Waals surface area (Å²) in [6.45, 7) is 1.34. The minimum Gasteiger partial charge on any atom is -0.381 e. The Morgan fingerprint density at radius 2 is 2.08 bits per heavy atom. The molecule has 1 saturated heterocycles. The van der Waals surface area contributed by atoms with Crippen molar-refractivity contribution in [3.8, 4) is 11.3 Å². The SMILES string of the molecule is O=c1[nH]c2ccc(-c3cnn4ccncc34)nc2n1C1CCOCC1. The lowest BCUT2D eigenvalue weighted by Gasteiger charge is -2.22. The fourth-order valence-corrected chi connectivity index (χ4v) is 3.47. The number of hydrogen-bond donors (Lipinski definition) is 1. The molecule has 1 fully saturated rings. The van der Waals surface area contributed by atoms with Crippen LogP contribution in [0.5, 0.6) is 0 Å². The van der Waals surface area contributed by atoms with Gasteiger partial charge in [-0.1, -0.05) is 0 Å². The van der Waals surface area contributed by atoms with E-state index in [-0.39, 0.29) is 11.7 Å². The summed E-state index contributed by atoms with van der Waals surface area (Å²) < 4.78 is 8.95. The first-order valence-corrected chi connectivity index (χ1v) is 8.28. The lowest BCUT2D eigenvalue weighted by molar-refractivity contribution is 0.0697. The van der Waals surface area contributed by atoms with E-state index >= 15 is 0 Å². The lowest BCUT2D eigenvalue weighted by Crippen LogP contribution is -2.27. The molecule has 0 aliphatic carbocycles. The van der Waals surface area contributed by atoms with Gasteiger partial charge in [-0.25, -0.2) is 14.3 Å². The summed E-state index contributed by atoms with van der Waals surface area (Å²) in [5, 5.41) is 4.34. The maximum Gasteiger partial charge on any atom is 0.327 e. The lowest BCUT2D eigenvalue weighted by atomic mass is 10.1. The van der Waals surface area contributed by atoms with Gasteiger partial charge in [-0.15, -0.1) is 0 Å². The van der Waals surface area contributed by atoms with Crippen LogP contribution in [0, 0.1) is 0 Å². The highest BCUT2D eigenvalue weighted by Crippen LogP contribution is 2.26. The number of fused-ring (bicyclic) bond motifs is 2. The highest BCUT2D eigenvalue weighted by atomic mass is 16.5. The molecule has 5 heterocycles. The van der Waals surface area contributed by atoms with Crippen LogP contribution < -0.4 is 5.69 Å². The molecule has 5 rings (SSSR count). The van der Waals surface area contributed by atoms with Crippen LogP contribution in [0.25, 0.3) is 27.9 Å². The van der Waals surface area contributed by atoms with E-state index in [1.54, 1.807) is 33.9 Å². The van der Waals surface area contributed by atoms with Crippen LogP contribution in [0.4, 0.5) is 0 Å². The van der Waals surface area contributed by atoms with E-state index < -0.39 is 0 Å². The van der Waals surface area contributed by atoms with Crippen LogP contribution in [-0.2, 0) is 4.74 Å². The molecule has 0 saturated carbocycles. The Bertz CT molecular complexity index is 1120. The summed E-state index contributed by atoms with van der Waals surface area (Å²) in [6, 6.07) is 3.91. The van der Waals surface area contributed by atoms with Gasteiger partial charge in [0.05, 0.1) is 29.1 Å². The number of rotatable bonds is 2. The number of ether oxygens (including phenoxy) is 1. The summed E-state index contributed by atoms with van der Waals surface area (Å²) >= 11 is 0. The molecule has 0 radical (unpaired) electrons. The Morgan fingerprint density at radius 3 is 2.96 bits per heavy atom. The van der Waals surface area contributed by atoms with Gasteiger partial charge in [0.2, 0.25) is 0 Å². The van der Waals surface area contributed by atoms with Crippen LogP contribution in [0.2, 0.25) is 0 Å². The molecule has 4 aromatic heterocycles. The molecule has 1 aliphatic heterocycles. The minimum atomic E-state index is -0.118. The van der Waals surface area contributed by atoms with Gasteiger partial charge in [0.1, 0.15) is 0 Å². The summed E-state index contributed by atoms with van der Waals surface area (Å²) in [6.07, 6.45) is 8.66. The zero-order valence-corrected chi connectivity index (χ0v) is 13.4. The number of H-pyrrole nitrogens is 1. The maximum absolute atomic E-state index is 12.4. The van der Waals surface area contributed by atoms with Crippen molar-refractivity contribution in [1.29, 1.82) is 0 Å². The maximum atomic E-state index is 12.4. The highest BCUT2D eigenvalue weighted by molar-refractivity contribution is 5.81. The molecule has 0 spiro atoms. The fourth-order valence-electron chi connectivity index (χ4n) is 3.47. The van der Waals surface area contributed by atoms with Crippen molar-refractivity contribution in [2.45, 2.75) is 18.9 Å². The molecule has 1 aliphatic rings. The van der Waals surface area contributed by atoms with Gasteiger partial charge in [0.15, 0.2) is 5.65 Å². The quantitative estimate of drug-likeness (QED) is 0.603. The molecule has 0 bridgehead atoms. The third-order valence-corrected chi connectivity index (χ3v) is 4.72. The van der Waals surface area contributed by atoms with Crippen molar-refractivity contribution in [3.05, 3.63) is 47.4 Å². The van der Waals surface area contributed by atoms with Crippen molar-refractivity contribution in [2.75, 3.05) is 13.2 Å². The topological polar surface area (TPSA) is 90.1 Å². The van der Waals surface area contributed by atoms with Crippen LogP contribution in [0.1, 0.15) is 18.9 Å². The number of hydrogen-bond acceptors (Lipinski definition) is 5. The van der Waals surface area contributed by atoms with Crippen molar-refractivity contribution in [1.82, 2.24) is 29.1 Å². The molecule has 8 nitrogen and oxygen atoms in total. The number of aromatic amines is 1. The third-order valence-electron chi connectivity index (χ3n) is 4.72. The predicted molar refractivity (Wildman–Crippen MR) is 91.4 cm³/mol. The smallest absolute Gasteiger partial charge is 0.327 e. The van der Waals surface area contributed by atoms with E-state index in [0.717, 1.165) is 35.1 Å².